The van der Waals surface area contributed by atoms with Gasteiger partial charge in [0.25, 0.3) is 0 Å². The van der Waals surface area contributed by atoms with Crippen molar-refractivity contribution in [3.63, 3.8) is 0 Å². The van der Waals surface area contributed by atoms with Gasteiger partial charge in [-0.2, -0.15) is 0 Å². The average molecular weight is 271 g/mol. The molecule has 0 amide bonds. The summed E-state index contributed by atoms with van der Waals surface area (Å²) in [5, 5.41) is 3.49. The number of halogens is 1. The van der Waals surface area contributed by atoms with Crippen LogP contribution in [0.1, 0.15) is 24.4 Å². The minimum atomic E-state index is -0.223. The second kappa shape index (κ2) is 5.59. The lowest BCUT2D eigenvalue weighted by Crippen LogP contribution is -2.15. The molecule has 1 saturated heterocycles. The van der Waals surface area contributed by atoms with Gasteiger partial charge in [0.05, 0.1) is 0 Å². The van der Waals surface area contributed by atoms with Crippen LogP contribution >= 0.6 is 0 Å². The number of hydrogen-bond donors (Lipinski definition) is 1. The average Bonchev–Trinajstić information content (AvgIpc) is 3.02. The molecule has 4 heteroatoms. The molecule has 2 aromatic rings. The summed E-state index contributed by atoms with van der Waals surface area (Å²) in [6, 6.07) is 11.0. The first-order valence-electron chi connectivity index (χ1n) is 6.93. The Morgan fingerprint density at radius 3 is 2.75 bits per heavy atom. The van der Waals surface area contributed by atoms with Gasteiger partial charge in [0.15, 0.2) is 0 Å². The second-order valence-corrected chi connectivity index (χ2v) is 5.13. The monoisotopic (exact) mass is 271 g/mol. The second-order valence-electron chi connectivity index (χ2n) is 5.13. The summed E-state index contributed by atoms with van der Waals surface area (Å²) in [5.41, 5.74) is 2.19. The highest BCUT2D eigenvalue weighted by molar-refractivity contribution is 5.59. The van der Waals surface area contributed by atoms with Gasteiger partial charge in [-0.1, -0.05) is 0 Å². The van der Waals surface area contributed by atoms with Crippen LogP contribution in [-0.2, 0) is 0 Å². The topological polar surface area (TPSA) is 28.2 Å². The van der Waals surface area contributed by atoms with Crippen LogP contribution in [0.3, 0.4) is 0 Å². The first-order chi connectivity index (χ1) is 9.74. The standard InChI is InChI=1S/C16H18FN3/c1-20(14-6-4-13(17)5-7-14)16-11-12(8-10-19-16)15-3-2-9-18-15/h4-8,10-11,15,18H,2-3,9H2,1H3/t15-/m0/s1. The molecule has 1 aliphatic heterocycles. The molecule has 0 bridgehead atoms. The SMILES string of the molecule is CN(c1ccc(F)cc1)c1cc([C@@H]2CCCN2)ccn1. The van der Waals surface area contributed by atoms with Crippen molar-refractivity contribution >= 4 is 11.5 Å². The number of nitrogens with zero attached hydrogens (tertiary/aromatic N) is 2. The van der Waals surface area contributed by atoms with Gasteiger partial charge in [-0.15, -0.1) is 0 Å². The lowest BCUT2D eigenvalue weighted by atomic mass is 10.1. The molecule has 104 valence electrons. The summed E-state index contributed by atoms with van der Waals surface area (Å²) >= 11 is 0. The van der Waals surface area contributed by atoms with Crippen LogP contribution in [0.5, 0.6) is 0 Å². The van der Waals surface area contributed by atoms with Crippen LogP contribution < -0.4 is 10.2 Å². The highest BCUT2D eigenvalue weighted by Gasteiger charge is 2.17. The number of hydrogen-bond acceptors (Lipinski definition) is 3. The molecule has 0 radical (unpaired) electrons. The van der Waals surface area contributed by atoms with E-state index in [0.29, 0.717) is 6.04 Å². The normalized spacial score (nSPS) is 18.2. The van der Waals surface area contributed by atoms with Crippen molar-refractivity contribution in [1.82, 2.24) is 10.3 Å². The van der Waals surface area contributed by atoms with Gasteiger partial charge in [-0.3, -0.25) is 0 Å². The summed E-state index contributed by atoms with van der Waals surface area (Å²) < 4.78 is 13.0. The molecule has 0 aliphatic carbocycles. The molecular weight excluding hydrogens is 253 g/mol. The summed E-state index contributed by atoms with van der Waals surface area (Å²) in [4.78, 5) is 6.38. The maximum atomic E-state index is 13.0. The van der Waals surface area contributed by atoms with Crippen LogP contribution in [0.2, 0.25) is 0 Å². The van der Waals surface area contributed by atoms with E-state index in [2.05, 4.69) is 22.4 Å². The lowest BCUT2D eigenvalue weighted by molar-refractivity contribution is 0.628. The van der Waals surface area contributed by atoms with Crippen molar-refractivity contribution in [3.05, 3.63) is 54.0 Å². The molecule has 1 fully saturated rings. The van der Waals surface area contributed by atoms with Crippen LogP contribution in [0.25, 0.3) is 0 Å². The zero-order chi connectivity index (χ0) is 13.9. The van der Waals surface area contributed by atoms with Gasteiger partial charge in [0, 0.05) is 25.0 Å². The molecular formula is C16H18FN3. The number of pyridine rings is 1. The molecule has 1 N–H and O–H groups in total. The highest BCUT2D eigenvalue weighted by Crippen LogP contribution is 2.27. The number of nitrogens with one attached hydrogen (secondary N) is 1. The zero-order valence-corrected chi connectivity index (χ0v) is 11.5. The van der Waals surface area contributed by atoms with Gasteiger partial charge >= 0.3 is 0 Å². The zero-order valence-electron chi connectivity index (χ0n) is 11.5. The van der Waals surface area contributed by atoms with E-state index in [-0.39, 0.29) is 5.82 Å². The maximum absolute atomic E-state index is 13.0. The molecule has 1 aliphatic rings. The number of benzene rings is 1. The predicted octanol–water partition coefficient (Wildman–Crippen LogP) is 3.41. The number of aromatic nitrogens is 1. The minimum absolute atomic E-state index is 0.223. The van der Waals surface area contributed by atoms with Gasteiger partial charge in [0.1, 0.15) is 11.6 Å². The fourth-order valence-corrected chi connectivity index (χ4v) is 2.60. The Kier molecular flexibility index (Phi) is 3.65. The summed E-state index contributed by atoms with van der Waals surface area (Å²) in [6.45, 7) is 1.08. The molecule has 1 aromatic heterocycles. The van der Waals surface area contributed by atoms with E-state index in [9.17, 15) is 4.39 Å². The van der Waals surface area contributed by atoms with Crippen molar-refractivity contribution in [2.45, 2.75) is 18.9 Å². The third-order valence-corrected chi connectivity index (χ3v) is 3.79. The van der Waals surface area contributed by atoms with Crippen LogP contribution in [0.15, 0.2) is 42.6 Å². The van der Waals surface area contributed by atoms with Crippen LogP contribution in [0, 0.1) is 5.82 Å². The molecule has 20 heavy (non-hydrogen) atoms. The molecule has 3 nitrogen and oxygen atoms in total. The van der Waals surface area contributed by atoms with Crippen molar-refractivity contribution in [1.29, 1.82) is 0 Å². The maximum Gasteiger partial charge on any atom is 0.132 e. The van der Waals surface area contributed by atoms with Gasteiger partial charge in [0.2, 0.25) is 0 Å². The van der Waals surface area contributed by atoms with Crippen LogP contribution in [0.4, 0.5) is 15.9 Å². The summed E-state index contributed by atoms with van der Waals surface area (Å²) in [7, 11) is 1.95. The molecule has 2 heterocycles. The van der Waals surface area contributed by atoms with Crippen molar-refractivity contribution in [3.8, 4) is 0 Å². The Labute approximate surface area is 118 Å². The summed E-state index contributed by atoms with van der Waals surface area (Å²) in [5.74, 6) is 0.654. The molecule has 1 atom stereocenters. The smallest absolute Gasteiger partial charge is 0.132 e. The fourth-order valence-electron chi connectivity index (χ4n) is 2.60. The van der Waals surface area contributed by atoms with Gasteiger partial charge < -0.3 is 10.2 Å². The Morgan fingerprint density at radius 2 is 2.05 bits per heavy atom. The molecule has 0 saturated carbocycles. The van der Waals surface area contributed by atoms with E-state index in [1.807, 2.05) is 18.1 Å². The molecule has 1 aromatic carbocycles. The van der Waals surface area contributed by atoms with Gasteiger partial charge in [-0.05, 0) is 61.3 Å². The predicted molar refractivity (Wildman–Crippen MR) is 78.7 cm³/mol. The Hall–Kier alpha value is -1.94. The lowest BCUT2D eigenvalue weighted by Gasteiger charge is -2.20. The number of anilines is 2. The van der Waals surface area contributed by atoms with E-state index < -0.39 is 0 Å². The number of rotatable bonds is 3. The first-order valence-corrected chi connectivity index (χ1v) is 6.93. The van der Waals surface area contributed by atoms with E-state index in [1.54, 1.807) is 12.1 Å². The molecule has 0 unspecified atom stereocenters. The van der Waals surface area contributed by atoms with E-state index >= 15 is 0 Å². The Balaban J connectivity index is 1.85. The van der Waals surface area contributed by atoms with Crippen molar-refractivity contribution < 1.29 is 4.39 Å². The Morgan fingerprint density at radius 1 is 1.25 bits per heavy atom. The molecule has 3 rings (SSSR count). The third-order valence-electron chi connectivity index (χ3n) is 3.79. The van der Waals surface area contributed by atoms with E-state index in [0.717, 1.165) is 18.1 Å². The van der Waals surface area contributed by atoms with Crippen LogP contribution in [-0.4, -0.2) is 18.6 Å². The quantitative estimate of drug-likeness (QED) is 0.927. The van der Waals surface area contributed by atoms with Crippen molar-refractivity contribution in [2.24, 2.45) is 0 Å². The van der Waals surface area contributed by atoms with E-state index in [1.165, 1.54) is 30.5 Å². The first kappa shape index (κ1) is 13.1. The minimum Gasteiger partial charge on any atom is -0.329 e. The van der Waals surface area contributed by atoms with Crippen molar-refractivity contribution in [2.75, 3.05) is 18.5 Å². The van der Waals surface area contributed by atoms with E-state index in [4.69, 9.17) is 0 Å². The molecule has 0 spiro atoms. The Bertz CT molecular complexity index is 577. The highest BCUT2D eigenvalue weighted by atomic mass is 19.1. The van der Waals surface area contributed by atoms with Gasteiger partial charge in [-0.25, -0.2) is 9.37 Å². The largest absolute Gasteiger partial charge is 0.329 e. The third kappa shape index (κ3) is 2.65. The fraction of sp³-hybridized carbons (Fsp3) is 0.312. The summed E-state index contributed by atoms with van der Waals surface area (Å²) in [6.07, 6.45) is 4.23.